The van der Waals surface area contributed by atoms with Gasteiger partial charge < -0.3 is 4.42 Å². The molecule has 10 aromatic rings. The van der Waals surface area contributed by atoms with E-state index < -0.39 is 0 Å². The lowest BCUT2D eigenvalue weighted by molar-refractivity contribution is 0.669. The second kappa shape index (κ2) is 11.6. The zero-order valence-corrected chi connectivity index (χ0v) is 27.6. The highest BCUT2D eigenvalue weighted by Crippen LogP contribution is 2.44. The number of aromatic nitrogens is 3. The van der Waals surface area contributed by atoms with Crippen LogP contribution in [0.2, 0.25) is 0 Å². The zero-order chi connectivity index (χ0) is 33.0. The first-order valence-corrected chi connectivity index (χ1v) is 17.4. The van der Waals surface area contributed by atoms with Gasteiger partial charge in [0.05, 0.1) is 0 Å². The Morgan fingerprint density at radius 1 is 0.380 bits per heavy atom. The van der Waals surface area contributed by atoms with E-state index in [4.69, 9.17) is 19.4 Å². The van der Waals surface area contributed by atoms with Crippen LogP contribution in [-0.4, -0.2) is 15.0 Å². The van der Waals surface area contributed by atoms with E-state index in [2.05, 4.69) is 127 Å². The highest BCUT2D eigenvalue weighted by molar-refractivity contribution is 7.26. The van der Waals surface area contributed by atoms with Crippen molar-refractivity contribution < 1.29 is 4.42 Å². The Bertz CT molecular complexity index is 2870. The third-order valence-corrected chi connectivity index (χ3v) is 10.6. The second-order valence-corrected chi connectivity index (χ2v) is 13.4. The quantitative estimate of drug-likeness (QED) is 0.185. The van der Waals surface area contributed by atoms with E-state index in [0.29, 0.717) is 17.5 Å². The summed E-state index contributed by atoms with van der Waals surface area (Å²) in [6, 6.07) is 56.7. The van der Waals surface area contributed by atoms with Crippen LogP contribution in [0.5, 0.6) is 0 Å². The minimum absolute atomic E-state index is 0.594. The summed E-state index contributed by atoms with van der Waals surface area (Å²) in [5, 5.41) is 4.74. The molecule has 0 atom stereocenters. The van der Waals surface area contributed by atoms with Gasteiger partial charge in [0.1, 0.15) is 11.2 Å². The molecule has 0 bridgehead atoms. The Morgan fingerprint density at radius 3 is 1.80 bits per heavy atom. The van der Waals surface area contributed by atoms with Gasteiger partial charge in [0.2, 0.25) is 0 Å². The lowest BCUT2D eigenvalue weighted by Gasteiger charge is -2.10. The van der Waals surface area contributed by atoms with Crippen molar-refractivity contribution in [1.82, 2.24) is 15.0 Å². The Morgan fingerprint density at radius 2 is 0.980 bits per heavy atom. The summed E-state index contributed by atoms with van der Waals surface area (Å²) in [7, 11) is 0. The number of benzene rings is 7. The molecule has 0 aliphatic heterocycles. The van der Waals surface area contributed by atoms with E-state index >= 15 is 0 Å². The van der Waals surface area contributed by atoms with Crippen LogP contribution in [0.25, 0.3) is 98.5 Å². The van der Waals surface area contributed by atoms with Crippen molar-refractivity contribution in [3.05, 3.63) is 164 Å². The van der Waals surface area contributed by atoms with Gasteiger partial charge in [-0.3, -0.25) is 0 Å². The molecule has 0 saturated heterocycles. The number of furan rings is 1. The van der Waals surface area contributed by atoms with Gasteiger partial charge in [0, 0.05) is 53.2 Å². The number of hydrogen-bond acceptors (Lipinski definition) is 5. The molecule has 3 aromatic heterocycles. The maximum atomic E-state index is 6.57. The highest BCUT2D eigenvalue weighted by atomic mass is 32.1. The molecular formula is C45H27N3OS. The van der Waals surface area contributed by atoms with Crippen LogP contribution in [0, 0.1) is 0 Å². The van der Waals surface area contributed by atoms with Crippen LogP contribution in [-0.2, 0) is 0 Å². The third-order valence-electron chi connectivity index (χ3n) is 9.35. The molecule has 0 spiro atoms. The summed E-state index contributed by atoms with van der Waals surface area (Å²) in [5.74, 6) is 1.84. The molecule has 0 aliphatic carbocycles. The summed E-state index contributed by atoms with van der Waals surface area (Å²) in [6.07, 6.45) is 0. The molecule has 234 valence electrons. The molecule has 0 saturated carbocycles. The molecule has 50 heavy (non-hydrogen) atoms. The normalized spacial score (nSPS) is 11.6. The summed E-state index contributed by atoms with van der Waals surface area (Å²) >= 11 is 1.84. The van der Waals surface area contributed by atoms with E-state index in [9.17, 15) is 0 Å². The van der Waals surface area contributed by atoms with Gasteiger partial charge >= 0.3 is 0 Å². The van der Waals surface area contributed by atoms with Crippen molar-refractivity contribution in [2.45, 2.75) is 0 Å². The number of fused-ring (bicyclic) bond motifs is 6. The van der Waals surface area contributed by atoms with Gasteiger partial charge in [-0.2, -0.15) is 0 Å². The number of hydrogen-bond donors (Lipinski definition) is 0. The topological polar surface area (TPSA) is 51.8 Å². The molecule has 3 heterocycles. The van der Waals surface area contributed by atoms with Crippen LogP contribution >= 0.6 is 11.3 Å². The predicted molar refractivity (Wildman–Crippen MR) is 207 cm³/mol. The number of thiophene rings is 1. The maximum absolute atomic E-state index is 6.57. The molecule has 0 fully saturated rings. The van der Waals surface area contributed by atoms with Crippen LogP contribution in [0.1, 0.15) is 0 Å². The second-order valence-electron chi connectivity index (χ2n) is 12.4. The SMILES string of the molecule is c1ccc(-c2cccc(-c3nc(-c4ccccc4)nc(-c4ccc5c(c4)oc4cccc(-c6cccc7c6sc6ccccc67)c45)n3)c2)cc1. The van der Waals surface area contributed by atoms with Crippen molar-refractivity contribution in [3.8, 4) is 56.4 Å². The van der Waals surface area contributed by atoms with Crippen molar-refractivity contribution in [3.63, 3.8) is 0 Å². The predicted octanol–water partition coefficient (Wildman–Crippen LogP) is 12.5. The fraction of sp³-hybridized carbons (Fsp3) is 0. The van der Waals surface area contributed by atoms with Gasteiger partial charge in [-0.05, 0) is 47.0 Å². The Kier molecular flexibility index (Phi) is 6.64. The Hall–Kier alpha value is -6.43. The monoisotopic (exact) mass is 657 g/mol. The van der Waals surface area contributed by atoms with Gasteiger partial charge in [-0.1, -0.05) is 133 Å². The molecule has 0 amide bonds. The van der Waals surface area contributed by atoms with Crippen LogP contribution in [0.3, 0.4) is 0 Å². The standard InChI is InChI=1S/C45H27N3OS/c1-3-12-28(13-4-1)30-16-9-17-31(26-30)44-46-43(29-14-5-2-6-15-29)47-45(48-44)32-24-25-37-39(27-32)49-38-22-11-19-34(41(37)38)36-21-10-20-35-33-18-7-8-23-40(33)50-42(35)36/h1-27H. The van der Waals surface area contributed by atoms with E-state index in [0.717, 1.165) is 49.8 Å². The Labute approximate surface area is 292 Å². The first kappa shape index (κ1) is 28.6. The van der Waals surface area contributed by atoms with Gasteiger partial charge in [0.15, 0.2) is 17.5 Å². The highest BCUT2D eigenvalue weighted by Gasteiger charge is 2.18. The summed E-state index contributed by atoms with van der Waals surface area (Å²) in [6.45, 7) is 0. The van der Waals surface area contributed by atoms with Crippen molar-refractivity contribution in [2.75, 3.05) is 0 Å². The number of rotatable bonds is 5. The molecule has 7 aromatic carbocycles. The fourth-order valence-electron chi connectivity index (χ4n) is 6.97. The van der Waals surface area contributed by atoms with E-state index in [-0.39, 0.29) is 0 Å². The van der Waals surface area contributed by atoms with E-state index in [1.807, 2.05) is 47.7 Å². The van der Waals surface area contributed by atoms with E-state index in [1.165, 1.54) is 31.3 Å². The van der Waals surface area contributed by atoms with E-state index in [1.54, 1.807) is 0 Å². The van der Waals surface area contributed by atoms with Crippen LogP contribution in [0.15, 0.2) is 168 Å². The molecule has 0 N–H and O–H groups in total. The smallest absolute Gasteiger partial charge is 0.164 e. The minimum atomic E-state index is 0.594. The van der Waals surface area contributed by atoms with Crippen molar-refractivity contribution >= 4 is 53.4 Å². The van der Waals surface area contributed by atoms with Gasteiger partial charge in [-0.15, -0.1) is 11.3 Å². The summed E-state index contributed by atoms with van der Waals surface area (Å²) in [5.41, 5.74) is 9.01. The first-order chi connectivity index (χ1) is 24.8. The molecule has 4 nitrogen and oxygen atoms in total. The lowest BCUT2D eigenvalue weighted by Crippen LogP contribution is -2.00. The molecule has 10 rings (SSSR count). The number of nitrogens with zero attached hydrogens (tertiary/aromatic N) is 3. The lowest BCUT2D eigenvalue weighted by atomic mass is 9.97. The molecule has 0 aliphatic rings. The summed E-state index contributed by atoms with van der Waals surface area (Å²) < 4.78 is 9.15. The van der Waals surface area contributed by atoms with Crippen LogP contribution in [0.4, 0.5) is 0 Å². The van der Waals surface area contributed by atoms with Crippen LogP contribution < -0.4 is 0 Å². The molecular weight excluding hydrogens is 631 g/mol. The average Bonchev–Trinajstić information content (AvgIpc) is 3.77. The fourth-order valence-corrected chi connectivity index (χ4v) is 8.20. The molecule has 0 radical (unpaired) electrons. The molecule has 0 unspecified atom stereocenters. The Balaban J connectivity index is 1.13. The average molecular weight is 658 g/mol. The summed E-state index contributed by atoms with van der Waals surface area (Å²) in [4.78, 5) is 15.0. The van der Waals surface area contributed by atoms with Gasteiger partial charge in [-0.25, -0.2) is 15.0 Å². The van der Waals surface area contributed by atoms with Crippen molar-refractivity contribution in [1.29, 1.82) is 0 Å². The first-order valence-electron chi connectivity index (χ1n) is 16.6. The minimum Gasteiger partial charge on any atom is -0.456 e. The maximum Gasteiger partial charge on any atom is 0.164 e. The zero-order valence-electron chi connectivity index (χ0n) is 26.7. The third kappa shape index (κ3) is 4.79. The van der Waals surface area contributed by atoms with Crippen molar-refractivity contribution in [2.24, 2.45) is 0 Å². The largest absolute Gasteiger partial charge is 0.456 e. The molecule has 5 heteroatoms. The van der Waals surface area contributed by atoms with Gasteiger partial charge in [0.25, 0.3) is 0 Å².